The minimum Gasteiger partial charge on any atom is -0.508 e. The van der Waals surface area contributed by atoms with Crippen LogP contribution >= 0.6 is 0 Å². The molecular formula is C25H18O8. The zero-order valence-corrected chi connectivity index (χ0v) is 17.4. The van der Waals surface area contributed by atoms with Gasteiger partial charge in [0.2, 0.25) is 0 Å². The number of aromatic hydroxyl groups is 3. The summed E-state index contributed by atoms with van der Waals surface area (Å²) in [5, 5.41) is 30.0. The van der Waals surface area contributed by atoms with E-state index < -0.39 is 17.3 Å². The van der Waals surface area contributed by atoms with Gasteiger partial charge in [0, 0.05) is 29.2 Å². The Bertz CT molecular complexity index is 1470. The van der Waals surface area contributed by atoms with Gasteiger partial charge in [-0.05, 0) is 42.0 Å². The second kappa shape index (κ2) is 7.59. The minimum atomic E-state index is -0.586. The number of carbonyl (C=O) groups excluding carboxylic acids is 1. The molecule has 0 fully saturated rings. The van der Waals surface area contributed by atoms with Gasteiger partial charge in [-0.15, -0.1) is 0 Å². The Labute approximate surface area is 186 Å². The summed E-state index contributed by atoms with van der Waals surface area (Å²) in [5.41, 5.74) is 1.21. The number of hydrogen-bond donors (Lipinski definition) is 3. The van der Waals surface area contributed by atoms with Gasteiger partial charge in [0.1, 0.15) is 34.0 Å². The third kappa shape index (κ3) is 3.41. The molecule has 0 unspecified atom stereocenters. The van der Waals surface area contributed by atoms with E-state index in [9.17, 15) is 24.9 Å². The molecule has 1 atom stereocenters. The lowest BCUT2D eigenvalue weighted by molar-refractivity contribution is -0.135. The quantitative estimate of drug-likeness (QED) is 0.318. The number of hydrogen-bond acceptors (Lipinski definition) is 8. The van der Waals surface area contributed by atoms with Gasteiger partial charge in [0.15, 0.2) is 16.9 Å². The molecule has 0 saturated heterocycles. The lowest BCUT2D eigenvalue weighted by Gasteiger charge is -2.26. The van der Waals surface area contributed by atoms with E-state index in [1.165, 1.54) is 37.4 Å². The number of carbonyl (C=O) groups is 1. The first-order chi connectivity index (χ1) is 15.9. The summed E-state index contributed by atoms with van der Waals surface area (Å²) in [6, 6.07) is 13.3. The first-order valence-electron chi connectivity index (χ1n) is 10.1. The lowest BCUT2D eigenvalue weighted by atomic mass is 9.85. The molecule has 1 aliphatic heterocycles. The average Bonchev–Trinajstić information content (AvgIpc) is 2.78. The van der Waals surface area contributed by atoms with Gasteiger partial charge < -0.3 is 29.2 Å². The van der Waals surface area contributed by atoms with Gasteiger partial charge in [-0.25, -0.2) is 0 Å². The van der Waals surface area contributed by atoms with Crippen molar-refractivity contribution in [2.24, 2.45) is 0 Å². The number of rotatable bonds is 3. The molecule has 0 amide bonds. The molecule has 8 nitrogen and oxygen atoms in total. The first-order valence-corrected chi connectivity index (χ1v) is 10.1. The highest BCUT2D eigenvalue weighted by molar-refractivity contribution is 5.93. The van der Waals surface area contributed by atoms with E-state index in [1.54, 1.807) is 24.3 Å². The van der Waals surface area contributed by atoms with Crippen LogP contribution in [-0.2, 0) is 4.79 Å². The Morgan fingerprint density at radius 1 is 0.939 bits per heavy atom. The Morgan fingerprint density at radius 2 is 1.70 bits per heavy atom. The minimum absolute atomic E-state index is 0.0371. The topological polar surface area (TPSA) is 126 Å². The molecule has 1 aromatic heterocycles. The monoisotopic (exact) mass is 446 g/mol. The SMILES string of the molecule is COc1cc([C@@H]2CC(=O)Oc3cc(O)c4c(=O)cc(-c5ccc(O)cc5)oc4c32)ccc1O. The van der Waals surface area contributed by atoms with E-state index in [-0.39, 0.29) is 51.9 Å². The second-order valence-electron chi connectivity index (χ2n) is 7.70. The predicted octanol–water partition coefficient (Wildman–Crippen LogP) is 4.03. The van der Waals surface area contributed by atoms with E-state index in [0.717, 1.165) is 0 Å². The van der Waals surface area contributed by atoms with Crippen molar-refractivity contribution in [2.75, 3.05) is 7.11 Å². The maximum absolute atomic E-state index is 13.0. The molecule has 166 valence electrons. The van der Waals surface area contributed by atoms with Gasteiger partial charge in [0.25, 0.3) is 0 Å². The van der Waals surface area contributed by atoms with Gasteiger partial charge in [-0.3, -0.25) is 9.59 Å². The number of fused-ring (bicyclic) bond motifs is 3. The summed E-state index contributed by atoms with van der Waals surface area (Å²) >= 11 is 0. The van der Waals surface area contributed by atoms with Crippen molar-refractivity contribution in [3.05, 3.63) is 75.9 Å². The highest BCUT2D eigenvalue weighted by atomic mass is 16.5. The van der Waals surface area contributed by atoms with E-state index in [1.807, 2.05) is 0 Å². The highest BCUT2D eigenvalue weighted by Gasteiger charge is 2.34. The lowest BCUT2D eigenvalue weighted by Crippen LogP contribution is -2.22. The van der Waals surface area contributed by atoms with Crippen LogP contribution in [0.2, 0.25) is 0 Å². The summed E-state index contributed by atoms with van der Waals surface area (Å²) in [7, 11) is 1.42. The molecule has 0 bridgehead atoms. The smallest absolute Gasteiger partial charge is 0.312 e. The number of ether oxygens (including phenoxy) is 2. The Kier molecular flexibility index (Phi) is 4.70. The van der Waals surface area contributed by atoms with Gasteiger partial charge in [0.05, 0.1) is 13.5 Å². The summed E-state index contributed by atoms with van der Waals surface area (Å²) in [5.74, 6) is -0.943. The van der Waals surface area contributed by atoms with E-state index in [0.29, 0.717) is 16.7 Å². The van der Waals surface area contributed by atoms with E-state index in [4.69, 9.17) is 13.9 Å². The molecular weight excluding hydrogens is 428 g/mol. The molecule has 4 aromatic rings. The zero-order valence-electron chi connectivity index (χ0n) is 17.4. The van der Waals surface area contributed by atoms with Crippen LogP contribution in [0, 0.1) is 0 Å². The van der Waals surface area contributed by atoms with Crippen molar-refractivity contribution < 1.29 is 34.0 Å². The Morgan fingerprint density at radius 3 is 2.42 bits per heavy atom. The fourth-order valence-corrected chi connectivity index (χ4v) is 4.12. The molecule has 8 heteroatoms. The average molecular weight is 446 g/mol. The number of methoxy groups -OCH3 is 1. The van der Waals surface area contributed by atoms with Crippen molar-refractivity contribution in [2.45, 2.75) is 12.3 Å². The van der Waals surface area contributed by atoms with Crippen LogP contribution in [0.25, 0.3) is 22.3 Å². The normalized spacial score (nSPS) is 15.2. The molecule has 2 heterocycles. The number of benzene rings is 3. The first kappa shape index (κ1) is 20.4. The summed E-state index contributed by atoms with van der Waals surface area (Å²) in [6.45, 7) is 0. The summed E-state index contributed by atoms with van der Waals surface area (Å²) in [6.07, 6.45) is -0.0477. The molecule has 0 spiro atoms. The largest absolute Gasteiger partial charge is 0.508 e. The zero-order chi connectivity index (χ0) is 23.3. The molecule has 33 heavy (non-hydrogen) atoms. The van der Waals surface area contributed by atoms with Crippen LogP contribution in [0.4, 0.5) is 0 Å². The summed E-state index contributed by atoms with van der Waals surface area (Å²) in [4.78, 5) is 25.3. The fourth-order valence-electron chi connectivity index (χ4n) is 4.12. The molecule has 5 rings (SSSR count). The van der Waals surface area contributed by atoms with Crippen LogP contribution in [0.3, 0.4) is 0 Å². The highest BCUT2D eigenvalue weighted by Crippen LogP contribution is 2.47. The third-order valence-corrected chi connectivity index (χ3v) is 5.68. The van der Waals surface area contributed by atoms with Crippen LogP contribution in [0.1, 0.15) is 23.5 Å². The number of esters is 1. The predicted molar refractivity (Wildman–Crippen MR) is 118 cm³/mol. The Hall–Kier alpha value is -4.46. The maximum atomic E-state index is 13.0. The van der Waals surface area contributed by atoms with Crippen molar-refractivity contribution in [1.82, 2.24) is 0 Å². The maximum Gasteiger partial charge on any atom is 0.312 e. The molecule has 0 aliphatic carbocycles. The number of phenolic OH excluding ortho intramolecular Hbond substituents is 3. The van der Waals surface area contributed by atoms with Crippen molar-refractivity contribution in [3.63, 3.8) is 0 Å². The van der Waals surface area contributed by atoms with Crippen LogP contribution in [0.15, 0.2) is 63.8 Å². The third-order valence-electron chi connectivity index (χ3n) is 5.68. The molecule has 0 radical (unpaired) electrons. The van der Waals surface area contributed by atoms with Gasteiger partial charge in [-0.1, -0.05) is 6.07 Å². The van der Waals surface area contributed by atoms with Crippen LogP contribution in [-0.4, -0.2) is 28.4 Å². The van der Waals surface area contributed by atoms with Crippen molar-refractivity contribution >= 4 is 16.9 Å². The van der Waals surface area contributed by atoms with Crippen molar-refractivity contribution in [3.8, 4) is 40.1 Å². The van der Waals surface area contributed by atoms with Gasteiger partial charge >= 0.3 is 5.97 Å². The molecule has 3 N–H and O–H groups in total. The van der Waals surface area contributed by atoms with Crippen LogP contribution in [0.5, 0.6) is 28.7 Å². The van der Waals surface area contributed by atoms with Crippen molar-refractivity contribution in [1.29, 1.82) is 0 Å². The molecule has 1 aliphatic rings. The van der Waals surface area contributed by atoms with E-state index in [2.05, 4.69) is 0 Å². The number of phenols is 3. The fraction of sp³-hybridized carbons (Fsp3) is 0.120. The van der Waals surface area contributed by atoms with Crippen LogP contribution < -0.4 is 14.9 Å². The molecule has 0 saturated carbocycles. The van der Waals surface area contributed by atoms with Gasteiger partial charge in [-0.2, -0.15) is 0 Å². The second-order valence-corrected chi connectivity index (χ2v) is 7.70. The standard InChI is InChI=1S/C25H18O8/c1-31-20-8-13(4-7-16(20)27)15-9-22(30)32-21-11-18(29)24-17(28)10-19(33-25(24)23(15)21)12-2-5-14(26)6-3-12/h2-8,10-11,15,26-27,29H,9H2,1H3/t15-/m0/s1. The Balaban J connectivity index is 1.80. The summed E-state index contributed by atoms with van der Waals surface area (Å²) < 4.78 is 16.7. The molecule has 3 aromatic carbocycles. The van der Waals surface area contributed by atoms with E-state index >= 15 is 0 Å².